The Balaban J connectivity index is 2.02. The van der Waals surface area contributed by atoms with E-state index in [0.717, 1.165) is 16.9 Å². The van der Waals surface area contributed by atoms with Gasteiger partial charge in [0.05, 0.1) is 0 Å². The quantitative estimate of drug-likeness (QED) is 0.858. The van der Waals surface area contributed by atoms with Crippen molar-refractivity contribution in [3.05, 3.63) is 29.3 Å². The predicted octanol–water partition coefficient (Wildman–Crippen LogP) is 1.28. The number of ether oxygens (including phenoxy) is 1. The Labute approximate surface area is 111 Å². The van der Waals surface area contributed by atoms with Crippen molar-refractivity contribution >= 4 is 11.9 Å². The lowest BCUT2D eigenvalue weighted by Gasteiger charge is -2.17. The number of carboxylic acid groups (broad SMARTS) is 1. The van der Waals surface area contributed by atoms with Crippen LogP contribution in [0.3, 0.4) is 0 Å². The molecule has 2 atom stereocenters. The number of nitrogens with one attached hydrogen (secondary N) is 1. The number of hydrogen-bond donors (Lipinski definition) is 2. The van der Waals surface area contributed by atoms with Crippen LogP contribution in [0, 0.1) is 6.92 Å². The highest BCUT2D eigenvalue weighted by Gasteiger charge is 2.29. The van der Waals surface area contributed by atoms with E-state index < -0.39 is 12.0 Å². The van der Waals surface area contributed by atoms with Crippen molar-refractivity contribution in [2.45, 2.75) is 38.8 Å². The molecule has 1 heterocycles. The Hall–Kier alpha value is -2.04. The highest BCUT2D eigenvalue weighted by Crippen LogP contribution is 2.31. The van der Waals surface area contributed by atoms with Crippen LogP contribution in [0.4, 0.5) is 0 Å². The van der Waals surface area contributed by atoms with Crippen molar-refractivity contribution in [3.63, 3.8) is 0 Å². The second kappa shape index (κ2) is 5.30. The molecule has 1 aromatic carbocycles. The summed E-state index contributed by atoms with van der Waals surface area (Å²) in [5.74, 6) is -0.577. The van der Waals surface area contributed by atoms with Crippen LogP contribution < -0.4 is 10.1 Å². The van der Waals surface area contributed by atoms with Crippen molar-refractivity contribution in [1.29, 1.82) is 0 Å². The minimum Gasteiger partial charge on any atom is -0.490 e. The molecule has 0 saturated heterocycles. The van der Waals surface area contributed by atoms with Gasteiger partial charge in [-0.15, -0.1) is 0 Å². The monoisotopic (exact) mass is 263 g/mol. The first-order valence-electron chi connectivity index (χ1n) is 6.22. The van der Waals surface area contributed by atoms with E-state index in [0.29, 0.717) is 6.42 Å². The Morgan fingerprint density at radius 1 is 1.53 bits per heavy atom. The normalized spacial score (nSPS) is 18.3. The number of rotatable bonds is 4. The van der Waals surface area contributed by atoms with Crippen molar-refractivity contribution in [3.8, 4) is 5.75 Å². The Bertz CT molecular complexity index is 512. The molecule has 0 spiro atoms. The van der Waals surface area contributed by atoms with Crippen LogP contribution in [0.25, 0.3) is 0 Å². The van der Waals surface area contributed by atoms with Crippen LogP contribution in [-0.2, 0) is 16.0 Å². The molecule has 5 heteroatoms. The maximum Gasteiger partial charge on any atom is 0.326 e. The van der Waals surface area contributed by atoms with Gasteiger partial charge in [0.2, 0.25) is 5.91 Å². The molecular weight excluding hydrogens is 246 g/mol. The van der Waals surface area contributed by atoms with Crippen LogP contribution in [-0.4, -0.2) is 29.1 Å². The number of carbonyl (C=O) groups is 2. The minimum atomic E-state index is -1.04. The van der Waals surface area contributed by atoms with E-state index >= 15 is 0 Å². The van der Waals surface area contributed by atoms with Crippen LogP contribution in [0.15, 0.2) is 18.2 Å². The Kier molecular flexibility index (Phi) is 3.74. The molecule has 1 aliphatic rings. The van der Waals surface area contributed by atoms with E-state index in [1.54, 1.807) is 0 Å². The molecule has 1 aliphatic heterocycles. The maximum absolute atomic E-state index is 11.1. The second-order valence-electron chi connectivity index (χ2n) is 4.88. The molecule has 0 saturated carbocycles. The third-order valence-corrected chi connectivity index (χ3v) is 3.13. The van der Waals surface area contributed by atoms with Crippen molar-refractivity contribution in [1.82, 2.24) is 5.32 Å². The van der Waals surface area contributed by atoms with Crippen molar-refractivity contribution in [2.75, 3.05) is 0 Å². The Morgan fingerprint density at radius 2 is 2.26 bits per heavy atom. The molecule has 102 valence electrons. The zero-order valence-corrected chi connectivity index (χ0v) is 11.0. The van der Waals surface area contributed by atoms with Crippen LogP contribution >= 0.6 is 0 Å². The summed E-state index contributed by atoms with van der Waals surface area (Å²) < 4.78 is 5.71. The van der Waals surface area contributed by atoms with Gasteiger partial charge in [0.1, 0.15) is 17.9 Å². The van der Waals surface area contributed by atoms with Gasteiger partial charge in [0.25, 0.3) is 0 Å². The lowest BCUT2D eigenvalue weighted by Crippen LogP contribution is -2.42. The molecule has 2 rings (SSSR count). The maximum atomic E-state index is 11.1. The van der Waals surface area contributed by atoms with E-state index in [4.69, 9.17) is 9.84 Å². The van der Waals surface area contributed by atoms with Gasteiger partial charge < -0.3 is 15.2 Å². The number of aliphatic carboxylic acids is 1. The van der Waals surface area contributed by atoms with Gasteiger partial charge in [-0.2, -0.15) is 0 Å². The molecule has 2 N–H and O–H groups in total. The summed E-state index contributed by atoms with van der Waals surface area (Å²) >= 11 is 0. The van der Waals surface area contributed by atoms with E-state index in [1.165, 1.54) is 6.92 Å². The fourth-order valence-electron chi connectivity index (χ4n) is 2.31. The molecule has 5 nitrogen and oxygen atoms in total. The van der Waals surface area contributed by atoms with Gasteiger partial charge >= 0.3 is 5.97 Å². The molecule has 1 aromatic rings. The minimum absolute atomic E-state index is 0.204. The summed E-state index contributed by atoms with van der Waals surface area (Å²) in [5.41, 5.74) is 2.25. The predicted molar refractivity (Wildman–Crippen MR) is 69.2 cm³/mol. The number of fused-ring (bicyclic) bond motifs is 1. The number of hydrogen-bond acceptors (Lipinski definition) is 3. The fourth-order valence-corrected chi connectivity index (χ4v) is 2.31. The molecule has 0 fully saturated rings. The van der Waals surface area contributed by atoms with E-state index in [9.17, 15) is 9.59 Å². The number of carbonyl (C=O) groups excluding carboxylic acids is 1. The average Bonchev–Trinajstić information content (AvgIpc) is 2.68. The topological polar surface area (TPSA) is 75.6 Å². The third-order valence-electron chi connectivity index (χ3n) is 3.13. The highest BCUT2D eigenvalue weighted by molar-refractivity contribution is 5.82. The summed E-state index contributed by atoms with van der Waals surface area (Å²) in [7, 11) is 0. The number of aryl methyl sites for hydroxylation is 1. The lowest BCUT2D eigenvalue weighted by molar-refractivity contribution is -0.142. The first kappa shape index (κ1) is 13.4. The van der Waals surface area contributed by atoms with E-state index in [2.05, 4.69) is 5.32 Å². The van der Waals surface area contributed by atoms with Gasteiger partial charge in [-0.1, -0.05) is 17.7 Å². The average molecular weight is 263 g/mol. The molecule has 0 radical (unpaired) electrons. The fraction of sp³-hybridized carbons (Fsp3) is 0.429. The molecule has 0 bridgehead atoms. The van der Waals surface area contributed by atoms with E-state index in [-0.39, 0.29) is 18.4 Å². The Morgan fingerprint density at radius 3 is 2.89 bits per heavy atom. The van der Waals surface area contributed by atoms with Gasteiger partial charge in [-0.05, 0) is 18.6 Å². The first-order chi connectivity index (χ1) is 8.95. The standard InChI is InChI=1S/C14H17NO4/c1-8-3-4-13-10(5-8)6-11(19-13)7-12(14(17)18)15-9(2)16/h3-5,11-12H,6-7H2,1-2H3,(H,15,16)(H,17,18). The highest BCUT2D eigenvalue weighted by atomic mass is 16.5. The van der Waals surface area contributed by atoms with Crippen molar-refractivity contribution < 1.29 is 19.4 Å². The molecule has 2 unspecified atom stereocenters. The summed E-state index contributed by atoms with van der Waals surface area (Å²) in [6, 6.07) is 5.00. The summed E-state index contributed by atoms with van der Waals surface area (Å²) in [4.78, 5) is 22.1. The van der Waals surface area contributed by atoms with Crippen LogP contribution in [0.1, 0.15) is 24.5 Å². The second-order valence-corrected chi connectivity index (χ2v) is 4.88. The lowest BCUT2D eigenvalue weighted by atomic mass is 10.0. The first-order valence-corrected chi connectivity index (χ1v) is 6.22. The summed E-state index contributed by atoms with van der Waals surface area (Å²) in [6.45, 7) is 3.31. The van der Waals surface area contributed by atoms with Crippen molar-refractivity contribution in [2.24, 2.45) is 0 Å². The third kappa shape index (κ3) is 3.24. The molecule has 0 aliphatic carbocycles. The SMILES string of the molecule is CC(=O)NC(CC1Cc2cc(C)ccc2O1)C(=O)O. The number of amides is 1. The van der Waals surface area contributed by atoms with E-state index in [1.807, 2.05) is 25.1 Å². The van der Waals surface area contributed by atoms with Gasteiger partial charge in [0.15, 0.2) is 0 Å². The summed E-state index contributed by atoms with van der Waals surface area (Å²) in [6.07, 6.45) is 0.744. The zero-order chi connectivity index (χ0) is 14.0. The zero-order valence-electron chi connectivity index (χ0n) is 11.0. The largest absolute Gasteiger partial charge is 0.490 e. The molecule has 1 amide bonds. The summed E-state index contributed by atoms with van der Waals surface area (Å²) in [5, 5.41) is 11.5. The smallest absolute Gasteiger partial charge is 0.326 e. The van der Waals surface area contributed by atoms with Gasteiger partial charge in [-0.3, -0.25) is 4.79 Å². The van der Waals surface area contributed by atoms with Crippen LogP contribution in [0.2, 0.25) is 0 Å². The van der Waals surface area contributed by atoms with Gasteiger partial charge in [0, 0.05) is 19.8 Å². The molecule has 0 aromatic heterocycles. The van der Waals surface area contributed by atoms with Gasteiger partial charge in [-0.25, -0.2) is 4.79 Å². The number of carboxylic acids is 1. The number of benzene rings is 1. The molecule has 19 heavy (non-hydrogen) atoms. The van der Waals surface area contributed by atoms with Crippen LogP contribution in [0.5, 0.6) is 5.75 Å². The molecular formula is C14H17NO4.